The molecule has 1 unspecified atom stereocenters. The Bertz CT molecular complexity index is 1500. The molecule has 6 rings (SSSR count). The van der Waals surface area contributed by atoms with Crippen molar-refractivity contribution in [3.63, 3.8) is 0 Å². The summed E-state index contributed by atoms with van der Waals surface area (Å²) in [6.45, 7) is 6.60. The van der Waals surface area contributed by atoms with Crippen LogP contribution in [-0.2, 0) is 9.53 Å². The summed E-state index contributed by atoms with van der Waals surface area (Å²) in [6.07, 6.45) is 4.42. The Hall–Kier alpha value is -4.20. The van der Waals surface area contributed by atoms with Gasteiger partial charge in [-0.05, 0) is 61.9 Å². The van der Waals surface area contributed by atoms with E-state index >= 15 is 0 Å². The van der Waals surface area contributed by atoms with Crippen LogP contribution >= 0.6 is 0 Å². The van der Waals surface area contributed by atoms with Gasteiger partial charge in [-0.3, -0.25) is 9.78 Å². The summed E-state index contributed by atoms with van der Waals surface area (Å²) in [5.74, 6) is 0.638. The first-order chi connectivity index (χ1) is 18.3. The number of pyridine rings is 1. The highest BCUT2D eigenvalue weighted by atomic mass is 16.6. The number of fused-ring (bicyclic) bond motifs is 4. The maximum Gasteiger partial charge on any atom is 0.410 e. The molecule has 2 aliphatic rings. The smallest absolute Gasteiger partial charge is 0.410 e. The Labute approximate surface area is 221 Å². The molecule has 2 aromatic heterocycles. The number of amides is 2. The number of imidazole rings is 1. The van der Waals surface area contributed by atoms with Gasteiger partial charge in [-0.25, -0.2) is 9.78 Å². The minimum atomic E-state index is -0.535. The van der Waals surface area contributed by atoms with Gasteiger partial charge in [0.1, 0.15) is 11.4 Å². The fourth-order valence-corrected chi connectivity index (χ4v) is 5.50. The molecule has 0 bridgehead atoms. The number of hydrogen-bond donors (Lipinski definition) is 2. The summed E-state index contributed by atoms with van der Waals surface area (Å²) in [5.41, 5.74) is 6.52. The number of aromatic nitrogens is 3. The van der Waals surface area contributed by atoms with Gasteiger partial charge >= 0.3 is 6.09 Å². The van der Waals surface area contributed by atoms with Crippen molar-refractivity contribution >= 4 is 23.0 Å². The van der Waals surface area contributed by atoms with Gasteiger partial charge in [-0.15, -0.1) is 0 Å². The lowest BCUT2D eigenvalue weighted by Crippen LogP contribution is -2.45. The van der Waals surface area contributed by atoms with Crippen molar-refractivity contribution in [2.24, 2.45) is 5.92 Å². The molecule has 0 saturated carbocycles. The molecule has 0 radical (unpaired) electrons. The fraction of sp³-hybridized carbons (Fsp3) is 0.333. The van der Waals surface area contributed by atoms with Crippen molar-refractivity contribution in [2.45, 2.75) is 45.3 Å². The van der Waals surface area contributed by atoms with E-state index in [9.17, 15) is 9.59 Å². The standard InChI is InChI=1S/C30H31N5O3/c1-30(2,3)38-29(37)35-15-12-18(13-16-35)28(36)34-26-20-8-5-4-7-19(20)25-21(26)9-6-10-22(25)27-32-23-11-14-31-17-24(23)33-27/h4-11,14,17-18,26H,12-13,15-16H2,1-3H3,(H,32,33)(H,34,36). The first-order valence-corrected chi connectivity index (χ1v) is 13.1. The Balaban J connectivity index is 1.25. The number of rotatable bonds is 3. The van der Waals surface area contributed by atoms with Crippen LogP contribution in [0.1, 0.15) is 50.8 Å². The molecule has 8 heteroatoms. The molecule has 3 heterocycles. The number of likely N-dealkylation sites (tertiary alicyclic amines) is 1. The van der Waals surface area contributed by atoms with Crippen LogP contribution < -0.4 is 5.32 Å². The molecule has 2 N–H and O–H groups in total. The summed E-state index contributed by atoms with van der Waals surface area (Å²) in [7, 11) is 0. The predicted molar refractivity (Wildman–Crippen MR) is 145 cm³/mol. The third-order valence-corrected chi connectivity index (χ3v) is 7.29. The number of carbonyl (C=O) groups excluding carboxylic acids is 2. The van der Waals surface area contributed by atoms with E-state index in [4.69, 9.17) is 9.72 Å². The number of nitrogens with zero attached hydrogens (tertiary/aromatic N) is 3. The Kier molecular flexibility index (Phi) is 5.90. The summed E-state index contributed by atoms with van der Waals surface area (Å²) < 4.78 is 5.50. The van der Waals surface area contributed by atoms with Crippen molar-refractivity contribution in [3.05, 3.63) is 72.1 Å². The quantitative estimate of drug-likeness (QED) is 0.382. The van der Waals surface area contributed by atoms with E-state index in [0.717, 1.165) is 44.7 Å². The Morgan fingerprint density at radius 2 is 1.74 bits per heavy atom. The number of aromatic amines is 1. The number of nitrogens with one attached hydrogen (secondary N) is 2. The highest BCUT2D eigenvalue weighted by Gasteiger charge is 2.35. The monoisotopic (exact) mass is 509 g/mol. The zero-order chi connectivity index (χ0) is 26.4. The van der Waals surface area contributed by atoms with Crippen molar-refractivity contribution in [1.82, 2.24) is 25.2 Å². The second-order valence-corrected chi connectivity index (χ2v) is 11.0. The SMILES string of the molecule is CC(C)(C)OC(=O)N1CCC(C(=O)NC2c3ccccc3-c3c(-c4nc5ccncc5[nH]4)cccc32)CC1. The molecule has 1 atom stereocenters. The van der Waals surface area contributed by atoms with Crippen LogP contribution in [0, 0.1) is 5.92 Å². The lowest BCUT2D eigenvalue weighted by molar-refractivity contribution is -0.127. The first kappa shape index (κ1) is 24.2. The van der Waals surface area contributed by atoms with Gasteiger partial charge in [0.15, 0.2) is 0 Å². The van der Waals surface area contributed by atoms with Crippen molar-refractivity contribution in [1.29, 1.82) is 0 Å². The molecular formula is C30H31N5O3. The lowest BCUT2D eigenvalue weighted by Gasteiger charge is -2.33. The summed E-state index contributed by atoms with van der Waals surface area (Å²) >= 11 is 0. The number of benzene rings is 2. The number of ether oxygens (including phenoxy) is 1. The minimum Gasteiger partial charge on any atom is -0.444 e. The van der Waals surface area contributed by atoms with E-state index in [0.29, 0.717) is 25.9 Å². The number of piperidine rings is 1. The van der Waals surface area contributed by atoms with Gasteiger partial charge in [0, 0.05) is 30.8 Å². The lowest BCUT2D eigenvalue weighted by atomic mass is 9.94. The van der Waals surface area contributed by atoms with Gasteiger partial charge in [0.2, 0.25) is 5.91 Å². The fourth-order valence-electron chi connectivity index (χ4n) is 5.50. The normalized spacial score (nSPS) is 17.2. The van der Waals surface area contributed by atoms with Crippen LogP contribution in [0.5, 0.6) is 0 Å². The predicted octanol–water partition coefficient (Wildman–Crippen LogP) is 5.46. The topological polar surface area (TPSA) is 100 Å². The van der Waals surface area contributed by atoms with Crippen molar-refractivity contribution in [2.75, 3.05) is 13.1 Å². The molecular weight excluding hydrogens is 478 g/mol. The van der Waals surface area contributed by atoms with Gasteiger partial charge in [0.25, 0.3) is 0 Å². The second kappa shape index (κ2) is 9.28. The van der Waals surface area contributed by atoms with Crippen LogP contribution in [0.2, 0.25) is 0 Å². The molecule has 8 nitrogen and oxygen atoms in total. The highest BCUT2D eigenvalue weighted by Crippen LogP contribution is 2.47. The zero-order valence-electron chi connectivity index (χ0n) is 21.8. The largest absolute Gasteiger partial charge is 0.444 e. The molecule has 1 aliphatic carbocycles. The van der Waals surface area contributed by atoms with E-state index < -0.39 is 5.60 Å². The third-order valence-electron chi connectivity index (χ3n) is 7.29. The molecule has 4 aromatic rings. The number of H-pyrrole nitrogens is 1. The Morgan fingerprint density at radius 1 is 1.00 bits per heavy atom. The minimum absolute atomic E-state index is 0.0155. The summed E-state index contributed by atoms with van der Waals surface area (Å²) in [6, 6.07) is 16.0. The van der Waals surface area contributed by atoms with Crippen molar-refractivity contribution in [3.8, 4) is 22.5 Å². The molecule has 1 fully saturated rings. The maximum absolute atomic E-state index is 13.5. The number of hydrogen-bond acceptors (Lipinski definition) is 5. The van der Waals surface area contributed by atoms with Gasteiger partial charge in [0.05, 0.1) is 23.3 Å². The van der Waals surface area contributed by atoms with Gasteiger partial charge in [-0.1, -0.05) is 42.5 Å². The average molecular weight is 510 g/mol. The van der Waals surface area contributed by atoms with E-state index in [-0.39, 0.29) is 24.0 Å². The molecule has 194 valence electrons. The molecule has 38 heavy (non-hydrogen) atoms. The molecule has 1 saturated heterocycles. The third kappa shape index (κ3) is 4.40. The van der Waals surface area contributed by atoms with Crippen LogP contribution in [0.25, 0.3) is 33.5 Å². The first-order valence-electron chi connectivity index (χ1n) is 13.1. The van der Waals surface area contributed by atoms with Crippen LogP contribution in [-0.4, -0.2) is 50.5 Å². The van der Waals surface area contributed by atoms with E-state index in [2.05, 4.69) is 39.6 Å². The van der Waals surface area contributed by atoms with Crippen LogP contribution in [0.15, 0.2) is 60.9 Å². The van der Waals surface area contributed by atoms with E-state index in [1.165, 1.54) is 0 Å². The van der Waals surface area contributed by atoms with Crippen LogP contribution in [0.3, 0.4) is 0 Å². The summed E-state index contributed by atoms with van der Waals surface area (Å²) in [4.78, 5) is 40.0. The van der Waals surface area contributed by atoms with Gasteiger partial charge in [-0.2, -0.15) is 0 Å². The molecule has 2 aromatic carbocycles. The maximum atomic E-state index is 13.5. The zero-order valence-corrected chi connectivity index (χ0v) is 21.8. The van der Waals surface area contributed by atoms with E-state index in [1.807, 2.05) is 45.0 Å². The van der Waals surface area contributed by atoms with Crippen LogP contribution in [0.4, 0.5) is 4.79 Å². The summed E-state index contributed by atoms with van der Waals surface area (Å²) in [5, 5.41) is 3.33. The second-order valence-electron chi connectivity index (χ2n) is 11.0. The van der Waals surface area contributed by atoms with Gasteiger partial charge < -0.3 is 19.9 Å². The molecule has 1 aliphatic heterocycles. The average Bonchev–Trinajstić information content (AvgIpc) is 3.48. The molecule has 2 amide bonds. The highest BCUT2D eigenvalue weighted by molar-refractivity contribution is 5.93. The van der Waals surface area contributed by atoms with E-state index in [1.54, 1.807) is 17.3 Å². The Morgan fingerprint density at radius 3 is 2.50 bits per heavy atom. The number of carbonyl (C=O) groups is 2. The molecule has 0 spiro atoms. The van der Waals surface area contributed by atoms with Crippen molar-refractivity contribution < 1.29 is 14.3 Å².